The third-order valence-corrected chi connectivity index (χ3v) is 14.5. The largest absolute Gasteiger partial charge is 0.396 e. The quantitative estimate of drug-likeness (QED) is 0.342. The third kappa shape index (κ3) is 3.80. The Morgan fingerprint density at radius 2 is 1.64 bits per heavy atom. The minimum Gasteiger partial charge on any atom is -0.396 e. The van der Waals surface area contributed by atoms with Gasteiger partial charge in [0.25, 0.3) is 0 Å². The molecule has 3 N–H and O–H groups in total. The van der Waals surface area contributed by atoms with Gasteiger partial charge in [0.05, 0.1) is 12.7 Å². The highest BCUT2D eigenvalue weighted by molar-refractivity contribution is 5.75. The molecular weight excluding hydrogens is 484 g/mol. The number of carbonyl (C=O) groups excluding carboxylic acids is 1. The van der Waals surface area contributed by atoms with Crippen molar-refractivity contribution in [1.82, 2.24) is 10.2 Å². The zero-order valence-corrected chi connectivity index (χ0v) is 25.7. The Morgan fingerprint density at radius 3 is 2.33 bits per heavy atom. The molecule has 5 aliphatic carbocycles. The van der Waals surface area contributed by atoms with E-state index in [2.05, 4.69) is 57.8 Å². The van der Waals surface area contributed by atoms with Crippen molar-refractivity contribution in [2.75, 3.05) is 19.7 Å². The first-order valence-corrected chi connectivity index (χ1v) is 16.3. The maximum Gasteiger partial charge on any atom is 0.317 e. The minimum atomic E-state index is -0.409. The third-order valence-electron chi connectivity index (χ3n) is 14.5. The van der Waals surface area contributed by atoms with Crippen LogP contribution < -0.4 is 5.32 Å². The number of nitrogens with zero attached hydrogens (tertiary/aromatic N) is 1. The van der Waals surface area contributed by atoms with Gasteiger partial charge in [-0.15, -0.1) is 0 Å². The Labute approximate surface area is 237 Å². The van der Waals surface area contributed by atoms with E-state index in [1.54, 1.807) is 5.57 Å². The van der Waals surface area contributed by atoms with Crippen LogP contribution in [0.3, 0.4) is 0 Å². The summed E-state index contributed by atoms with van der Waals surface area (Å²) in [6.45, 7) is 16.6. The van der Waals surface area contributed by atoms with Crippen LogP contribution in [0.2, 0.25) is 0 Å². The highest BCUT2D eigenvalue weighted by Gasteiger charge is 2.69. The van der Waals surface area contributed by atoms with E-state index < -0.39 is 11.5 Å². The van der Waals surface area contributed by atoms with E-state index in [1.165, 1.54) is 6.42 Å². The van der Waals surface area contributed by atoms with Crippen LogP contribution in [0.5, 0.6) is 0 Å². The second-order valence-electron chi connectivity index (χ2n) is 16.7. The number of allylic oxidation sites excluding steroid dienone is 1. The summed E-state index contributed by atoms with van der Waals surface area (Å²) in [6, 6.07) is 0.179. The summed E-state index contributed by atoms with van der Waals surface area (Å²) in [5, 5.41) is 25.3. The topological polar surface area (TPSA) is 72.8 Å². The normalized spacial score (nSPS) is 50.7. The van der Waals surface area contributed by atoms with Crippen molar-refractivity contribution >= 4 is 6.03 Å². The molecule has 6 rings (SSSR count). The fraction of sp³-hybridized carbons (Fsp3) is 0.912. The smallest absolute Gasteiger partial charge is 0.317 e. The molecule has 5 heteroatoms. The molecule has 0 bridgehead atoms. The molecule has 4 saturated carbocycles. The van der Waals surface area contributed by atoms with E-state index in [1.807, 2.05) is 0 Å². The van der Waals surface area contributed by atoms with Crippen molar-refractivity contribution in [3.63, 3.8) is 0 Å². The second-order valence-corrected chi connectivity index (χ2v) is 16.7. The summed E-state index contributed by atoms with van der Waals surface area (Å²) in [4.78, 5) is 15.6. The summed E-state index contributed by atoms with van der Waals surface area (Å²) < 4.78 is 0. The van der Waals surface area contributed by atoms with Crippen molar-refractivity contribution in [2.24, 2.45) is 44.8 Å². The van der Waals surface area contributed by atoms with Gasteiger partial charge in [0.15, 0.2) is 0 Å². The van der Waals surface area contributed by atoms with Crippen LogP contribution in [0.4, 0.5) is 4.79 Å². The Balaban J connectivity index is 1.38. The predicted octanol–water partition coefficient (Wildman–Crippen LogP) is 6.68. The first kappa shape index (κ1) is 28.1. The maximum absolute atomic E-state index is 13.5. The number of hydrogen-bond acceptors (Lipinski definition) is 3. The molecule has 5 fully saturated rings. The number of urea groups is 1. The number of carbonyl (C=O) groups is 1. The van der Waals surface area contributed by atoms with Gasteiger partial charge in [-0.25, -0.2) is 4.79 Å². The van der Waals surface area contributed by atoms with Gasteiger partial charge in [0.2, 0.25) is 0 Å². The fourth-order valence-electron chi connectivity index (χ4n) is 11.7. The summed E-state index contributed by atoms with van der Waals surface area (Å²) in [6.07, 6.45) is 15.4. The van der Waals surface area contributed by atoms with Crippen LogP contribution in [0.1, 0.15) is 119 Å². The fourth-order valence-corrected chi connectivity index (χ4v) is 11.7. The number of nitrogens with one attached hydrogen (secondary N) is 1. The van der Waals surface area contributed by atoms with Crippen LogP contribution in [0.25, 0.3) is 0 Å². The van der Waals surface area contributed by atoms with Gasteiger partial charge in [-0.05, 0) is 111 Å². The Hall–Kier alpha value is -1.07. The molecule has 9 atom stereocenters. The summed E-state index contributed by atoms with van der Waals surface area (Å²) in [7, 11) is 0. The number of fused-ring (bicyclic) bond motifs is 7. The first-order valence-electron chi connectivity index (χ1n) is 16.3. The van der Waals surface area contributed by atoms with Gasteiger partial charge < -0.3 is 20.4 Å². The van der Waals surface area contributed by atoms with Crippen LogP contribution >= 0.6 is 0 Å². The summed E-state index contributed by atoms with van der Waals surface area (Å²) >= 11 is 0. The Kier molecular flexibility index (Phi) is 6.45. The van der Waals surface area contributed by atoms with Gasteiger partial charge in [0, 0.05) is 30.0 Å². The van der Waals surface area contributed by atoms with Gasteiger partial charge in [-0.3, -0.25) is 0 Å². The van der Waals surface area contributed by atoms with Crippen molar-refractivity contribution in [3.05, 3.63) is 11.6 Å². The molecule has 1 aliphatic heterocycles. The molecule has 220 valence electrons. The van der Waals surface area contributed by atoms with Gasteiger partial charge >= 0.3 is 6.03 Å². The molecule has 39 heavy (non-hydrogen) atoms. The van der Waals surface area contributed by atoms with E-state index in [-0.39, 0.29) is 39.8 Å². The van der Waals surface area contributed by atoms with E-state index in [0.717, 1.165) is 83.7 Å². The molecule has 0 aromatic carbocycles. The standard InChI is InChI=1S/C34H56N2O3/c1-29(2)15-17-34(35-28(39)36-19-7-8-20-36)18-16-32(5)23(24(34)21-29)9-10-26-30(3)13-12-27(38)31(4,22-37)25(30)11-14-33(26,32)6/h9,24-27,37-38H,7-8,10-22H2,1-6H3,(H,35,39)/t24-,25+,26+,27-,30-,31-,32+,33+,34-/m0/s1. The molecule has 0 aromatic rings. The molecule has 0 aromatic heterocycles. The SMILES string of the molecule is CC1(C)CC[C@]2(NC(=O)N3CCCC3)CC[C@]3(C)C(=CC[C@@H]4[C@@]5(C)CC[C@H](O)[C@@](C)(CO)[C@@H]5CC[C@]43C)[C@@H]2C1. The summed E-state index contributed by atoms with van der Waals surface area (Å²) in [5.74, 6) is 1.32. The van der Waals surface area contributed by atoms with Crippen molar-refractivity contribution < 1.29 is 15.0 Å². The van der Waals surface area contributed by atoms with Gasteiger partial charge in [-0.2, -0.15) is 0 Å². The predicted molar refractivity (Wildman–Crippen MR) is 156 cm³/mol. The second kappa shape index (κ2) is 8.96. The number of rotatable bonds is 2. The number of hydrogen-bond donors (Lipinski definition) is 3. The molecule has 1 saturated heterocycles. The number of amides is 2. The first-order chi connectivity index (χ1) is 18.2. The zero-order chi connectivity index (χ0) is 28.1. The van der Waals surface area contributed by atoms with Crippen LogP contribution in [-0.2, 0) is 0 Å². The van der Waals surface area contributed by atoms with Crippen molar-refractivity contribution in [3.8, 4) is 0 Å². The van der Waals surface area contributed by atoms with Crippen LogP contribution in [0.15, 0.2) is 11.6 Å². The molecule has 2 amide bonds. The number of aliphatic hydroxyl groups is 2. The van der Waals surface area contributed by atoms with Crippen LogP contribution in [-0.4, -0.2) is 52.5 Å². The van der Waals surface area contributed by atoms with Crippen molar-refractivity contribution in [2.45, 2.75) is 130 Å². The molecule has 6 aliphatic rings. The highest BCUT2D eigenvalue weighted by Crippen LogP contribution is 2.74. The molecular formula is C34H56N2O3. The van der Waals surface area contributed by atoms with E-state index in [0.29, 0.717) is 17.8 Å². The van der Waals surface area contributed by atoms with E-state index in [4.69, 9.17) is 0 Å². The number of aliphatic hydroxyl groups excluding tert-OH is 2. The summed E-state index contributed by atoms with van der Waals surface area (Å²) in [5.41, 5.74) is 1.85. The lowest BCUT2D eigenvalue weighted by atomic mass is 9.34. The van der Waals surface area contributed by atoms with E-state index in [9.17, 15) is 15.0 Å². The monoisotopic (exact) mass is 540 g/mol. The lowest BCUT2D eigenvalue weighted by molar-refractivity contribution is -0.213. The van der Waals surface area contributed by atoms with Crippen molar-refractivity contribution in [1.29, 1.82) is 0 Å². The highest BCUT2D eigenvalue weighted by atomic mass is 16.3. The zero-order valence-electron chi connectivity index (χ0n) is 25.7. The molecule has 0 radical (unpaired) electrons. The number of likely N-dealkylation sites (tertiary alicyclic amines) is 1. The maximum atomic E-state index is 13.5. The molecule has 0 spiro atoms. The average molecular weight is 541 g/mol. The Bertz CT molecular complexity index is 1030. The Morgan fingerprint density at radius 1 is 0.949 bits per heavy atom. The molecule has 0 unspecified atom stereocenters. The average Bonchev–Trinajstić information content (AvgIpc) is 3.43. The van der Waals surface area contributed by atoms with E-state index >= 15 is 0 Å². The lowest BCUT2D eigenvalue weighted by Gasteiger charge is -2.71. The molecule has 5 nitrogen and oxygen atoms in total. The van der Waals surface area contributed by atoms with Gasteiger partial charge in [-0.1, -0.05) is 53.2 Å². The van der Waals surface area contributed by atoms with Crippen LogP contribution in [0, 0.1) is 44.8 Å². The molecule has 1 heterocycles. The lowest BCUT2D eigenvalue weighted by Crippen LogP contribution is -2.68. The minimum absolute atomic E-state index is 0.0760. The van der Waals surface area contributed by atoms with Gasteiger partial charge in [0.1, 0.15) is 0 Å².